The second-order valence-corrected chi connectivity index (χ2v) is 4.48. The van der Waals surface area contributed by atoms with Crippen molar-refractivity contribution in [1.29, 1.82) is 0 Å². The molecule has 2 N–H and O–H groups in total. The summed E-state index contributed by atoms with van der Waals surface area (Å²) in [6.07, 6.45) is 1.39. The van der Waals surface area contributed by atoms with E-state index in [2.05, 4.69) is 5.32 Å². The van der Waals surface area contributed by atoms with Gasteiger partial charge in [0.15, 0.2) is 0 Å². The fourth-order valence-electron chi connectivity index (χ4n) is 1.94. The molecule has 4 heteroatoms. The highest BCUT2D eigenvalue weighted by Crippen LogP contribution is 2.19. The third kappa shape index (κ3) is 3.65. The SMILES string of the molecule is O=CC(Nc1ccc(CCO)cc1)c1ccc(F)cc1. The minimum absolute atomic E-state index is 0.110. The second-order valence-electron chi connectivity index (χ2n) is 4.48. The van der Waals surface area contributed by atoms with Gasteiger partial charge in [-0.2, -0.15) is 0 Å². The van der Waals surface area contributed by atoms with E-state index in [0.29, 0.717) is 12.0 Å². The summed E-state index contributed by atoms with van der Waals surface area (Å²) in [5, 5.41) is 11.9. The highest BCUT2D eigenvalue weighted by Gasteiger charge is 2.10. The van der Waals surface area contributed by atoms with Gasteiger partial charge in [-0.15, -0.1) is 0 Å². The van der Waals surface area contributed by atoms with Crippen LogP contribution in [-0.2, 0) is 11.2 Å². The fraction of sp³-hybridized carbons (Fsp3) is 0.188. The highest BCUT2D eigenvalue weighted by atomic mass is 19.1. The maximum absolute atomic E-state index is 12.9. The number of anilines is 1. The van der Waals surface area contributed by atoms with Gasteiger partial charge in [0.1, 0.15) is 18.1 Å². The maximum Gasteiger partial charge on any atom is 0.146 e. The van der Waals surface area contributed by atoms with Crippen LogP contribution in [0.15, 0.2) is 48.5 Å². The van der Waals surface area contributed by atoms with Crippen molar-refractivity contribution in [1.82, 2.24) is 0 Å². The van der Waals surface area contributed by atoms with Crippen LogP contribution in [0, 0.1) is 5.82 Å². The number of halogens is 1. The molecule has 0 bridgehead atoms. The molecule has 0 saturated carbocycles. The molecule has 3 nitrogen and oxygen atoms in total. The maximum atomic E-state index is 12.9. The van der Waals surface area contributed by atoms with Gasteiger partial charge in [-0.25, -0.2) is 4.39 Å². The summed E-state index contributed by atoms with van der Waals surface area (Å²) in [5.74, 6) is -0.327. The monoisotopic (exact) mass is 273 g/mol. The standard InChI is InChI=1S/C16H16FNO2/c17-14-5-3-13(4-6-14)16(11-20)18-15-7-1-12(2-8-15)9-10-19/h1-8,11,16,18-19H,9-10H2. The number of aldehydes is 1. The van der Waals surface area contributed by atoms with Crippen LogP contribution in [0.2, 0.25) is 0 Å². The Balaban J connectivity index is 2.09. The van der Waals surface area contributed by atoms with Crippen molar-refractivity contribution in [3.63, 3.8) is 0 Å². The fourth-order valence-corrected chi connectivity index (χ4v) is 1.94. The Labute approximate surface area is 117 Å². The van der Waals surface area contributed by atoms with Crippen molar-refractivity contribution in [2.45, 2.75) is 12.5 Å². The van der Waals surface area contributed by atoms with Crippen LogP contribution in [0.4, 0.5) is 10.1 Å². The molecule has 2 aromatic rings. The number of hydrogen-bond acceptors (Lipinski definition) is 3. The summed E-state index contributed by atoms with van der Waals surface area (Å²) in [4.78, 5) is 11.2. The zero-order chi connectivity index (χ0) is 14.4. The zero-order valence-corrected chi connectivity index (χ0v) is 10.9. The van der Waals surface area contributed by atoms with Crippen LogP contribution in [0.25, 0.3) is 0 Å². The summed E-state index contributed by atoms with van der Waals surface area (Å²) < 4.78 is 12.9. The number of aliphatic hydroxyl groups excluding tert-OH is 1. The molecule has 0 saturated heterocycles. The van der Waals surface area contributed by atoms with Crippen molar-refractivity contribution >= 4 is 12.0 Å². The molecule has 0 heterocycles. The number of carbonyl (C=O) groups excluding carboxylic acids is 1. The Hall–Kier alpha value is -2.20. The van der Waals surface area contributed by atoms with Crippen molar-refractivity contribution in [2.24, 2.45) is 0 Å². The van der Waals surface area contributed by atoms with E-state index in [9.17, 15) is 9.18 Å². The van der Waals surface area contributed by atoms with E-state index in [1.807, 2.05) is 24.3 Å². The lowest BCUT2D eigenvalue weighted by Gasteiger charge is -2.14. The Morgan fingerprint density at radius 1 is 1.10 bits per heavy atom. The molecule has 0 aliphatic heterocycles. The molecular formula is C16H16FNO2. The molecule has 2 rings (SSSR count). The van der Waals surface area contributed by atoms with E-state index in [1.54, 1.807) is 12.1 Å². The largest absolute Gasteiger partial charge is 0.396 e. The Bertz CT molecular complexity index is 552. The predicted molar refractivity (Wildman–Crippen MR) is 76.1 cm³/mol. The van der Waals surface area contributed by atoms with E-state index >= 15 is 0 Å². The third-order valence-electron chi connectivity index (χ3n) is 3.04. The number of nitrogens with one attached hydrogen (secondary N) is 1. The van der Waals surface area contributed by atoms with Crippen molar-refractivity contribution < 1.29 is 14.3 Å². The first-order chi connectivity index (χ1) is 9.72. The van der Waals surface area contributed by atoms with E-state index < -0.39 is 6.04 Å². The van der Waals surface area contributed by atoms with Crippen molar-refractivity contribution in [3.8, 4) is 0 Å². The van der Waals surface area contributed by atoms with E-state index in [0.717, 1.165) is 17.5 Å². The van der Waals surface area contributed by atoms with Crippen molar-refractivity contribution in [2.75, 3.05) is 11.9 Å². The molecule has 0 aromatic heterocycles. The Kier molecular flexibility index (Phi) is 4.85. The molecular weight excluding hydrogens is 257 g/mol. The third-order valence-corrected chi connectivity index (χ3v) is 3.04. The van der Waals surface area contributed by atoms with Gasteiger partial charge in [-0.05, 0) is 41.8 Å². The average molecular weight is 273 g/mol. The molecule has 1 atom stereocenters. The molecule has 2 aromatic carbocycles. The van der Waals surface area contributed by atoms with Crippen LogP contribution in [0.5, 0.6) is 0 Å². The van der Waals surface area contributed by atoms with E-state index in [-0.39, 0.29) is 12.4 Å². The van der Waals surface area contributed by atoms with Crippen LogP contribution in [0.3, 0.4) is 0 Å². The van der Waals surface area contributed by atoms with Gasteiger partial charge in [0.2, 0.25) is 0 Å². The number of benzene rings is 2. The van der Waals surface area contributed by atoms with Gasteiger partial charge < -0.3 is 15.2 Å². The lowest BCUT2D eigenvalue weighted by molar-refractivity contribution is -0.108. The summed E-state index contributed by atoms with van der Waals surface area (Å²) in [5.41, 5.74) is 2.54. The van der Waals surface area contributed by atoms with Gasteiger partial charge >= 0.3 is 0 Å². The molecule has 0 fully saturated rings. The lowest BCUT2D eigenvalue weighted by atomic mass is 10.1. The smallest absolute Gasteiger partial charge is 0.146 e. The first kappa shape index (κ1) is 14.2. The average Bonchev–Trinajstić information content (AvgIpc) is 2.48. The lowest BCUT2D eigenvalue weighted by Crippen LogP contribution is -2.12. The van der Waals surface area contributed by atoms with Crippen LogP contribution < -0.4 is 5.32 Å². The zero-order valence-electron chi connectivity index (χ0n) is 10.9. The van der Waals surface area contributed by atoms with E-state index in [4.69, 9.17) is 5.11 Å². The molecule has 1 unspecified atom stereocenters. The minimum atomic E-state index is -0.515. The Morgan fingerprint density at radius 2 is 1.75 bits per heavy atom. The summed E-state index contributed by atoms with van der Waals surface area (Å²) in [6, 6.07) is 12.8. The van der Waals surface area contributed by atoms with Crippen LogP contribution >= 0.6 is 0 Å². The first-order valence-electron chi connectivity index (χ1n) is 6.40. The summed E-state index contributed by atoms with van der Waals surface area (Å²) in [6.45, 7) is 0.110. The Morgan fingerprint density at radius 3 is 2.30 bits per heavy atom. The quantitative estimate of drug-likeness (QED) is 0.796. The summed E-state index contributed by atoms with van der Waals surface area (Å²) >= 11 is 0. The van der Waals surface area contributed by atoms with Gasteiger partial charge in [-0.3, -0.25) is 0 Å². The van der Waals surface area contributed by atoms with Crippen LogP contribution in [-0.4, -0.2) is 18.0 Å². The second kappa shape index (κ2) is 6.82. The first-order valence-corrected chi connectivity index (χ1v) is 6.40. The molecule has 104 valence electrons. The number of aliphatic hydroxyl groups is 1. The van der Waals surface area contributed by atoms with Crippen LogP contribution in [0.1, 0.15) is 17.2 Å². The molecule has 0 aliphatic rings. The van der Waals surface area contributed by atoms with Gasteiger partial charge in [-0.1, -0.05) is 24.3 Å². The topological polar surface area (TPSA) is 49.3 Å². The number of hydrogen-bond donors (Lipinski definition) is 2. The molecule has 20 heavy (non-hydrogen) atoms. The summed E-state index contributed by atoms with van der Waals surface area (Å²) in [7, 11) is 0. The molecule has 0 radical (unpaired) electrons. The molecule has 0 amide bonds. The molecule has 0 spiro atoms. The molecule has 0 aliphatic carbocycles. The highest BCUT2D eigenvalue weighted by molar-refractivity contribution is 5.67. The van der Waals surface area contributed by atoms with Gasteiger partial charge in [0.25, 0.3) is 0 Å². The minimum Gasteiger partial charge on any atom is -0.396 e. The number of rotatable bonds is 6. The normalized spacial score (nSPS) is 11.9. The van der Waals surface area contributed by atoms with Crippen molar-refractivity contribution in [3.05, 3.63) is 65.5 Å². The van der Waals surface area contributed by atoms with E-state index in [1.165, 1.54) is 12.1 Å². The van der Waals surface area contributed by atoms with Gasteiger partial charge in [0, 0.05) is 12.3 Å². The number of carbonyl (C=O) groups is 1. The predicted octanol–water partition coefficient (Wildman–Crippen LogP) is 2.71. The van der Waals surface area contributed by atoms with Gasteiger partial charge in [0.05, 0.1) is 0 Å².